The molecule has 146 valence electrons. The zero-order valence-electron chi connectivity index (χ0n) is 16.4. The smallest absolute Gasteiger partial charge is 0.282 e. The lowest BCUT2D eigenvalue weighted by Crippen LogP contribution is -2.32. The summed E-state index contributed by atoms with van der Waals surface area (Å²) in [6, 6.07) is 16.8. The molecule has 6 heteroatoms. The van der Waals surface area contributed by atoms with Crippen molar-refractivity contribution in [2.24, 2.45) is 0 Å². The number of ether oxygens (including phenoxy) is 1. The number of nitrogens with zero attached hydrogens (tertiary/aromatic N) is 1. The standard InChI is InChI=1S/C23H20N2O3S/c1-14-6-9-16(10-7-14)24-21-20(19-5-4-12-29-19)22(26)25(23(21)27)17-13-15(2)8-11-18(17)28-3/h4-13,24H,1-3H3. The van der Waals surface area contributed by atoms with E-state index in [1.165, 1.54) is 23.3 Å². The SMILES string of the molecule is COc1ccc(C)cc1N1C(=O)C(Nc2ccc(C)cc2)=C(c2cccs2)C1=O. The van der Waals surface area contributed by atoms with E-state index in [2.05, 4.69) is 5.32 Å². The molecule has 1 aliphatic rings. The van der Waals surface area contributed by atoms with Crippen molar-refractivity contribution in [2.45, 2.75) is 13.8 Å². The number of nitrogens with one attached hydrogen (secondary N) is 1. The molecule has 1 aromatic heterocycles. The van der Waals surface area contributed by atoms with E-state index in [-0.39, 0.29) is 11.6 Å². The molecule has 0 bridgehead atoms. The van der Waals surface area contributed by atoms with Gasteiger partial charge in [-0.05, 0) is 55.1 Å². The van der Waals surface area contributed by atoms with Crippen LogP contribution in [0.3, 0.4) is 0 Å². The highest BCUT2D eigenvalue weighted by Crippen LogP contribution is 2.39. The van der Waals surface area contributed by atoms with Gasteiger partial charge in [-0.1, -0.05) is 29.8 Å². The number of rotatable bonds is 5. The summed E-state index contributed by atoms with van der Waals surface area (Å²) in [5, 5.41) is 5.06. The average Bonchev–Trinajstić information content (AvgIpc) is 3.30. The highest BCUT2D eigenvalue weighted by molar-refractivity contribution is 7.11. The molecule has 29 heavy (non-hydrogen) atoms. The second-order valence-electron chi connectivity index (χ2n) is 6.84. The maximum Gasteiger partial charge on any atom is 0.282 e. The molecule has 4 rings (SSSR count). The van der Waals surface area contributed by atoms with Crippen LogP contribution < -0.4 is 15.0 Å². The molecule has 3 aromatic rings. The molecule has 5 nitrogen and oxygen atoms in total. The second kappa shape index (κ2) is 7.56. The Kier molecular flexibility index (Phi) is 4.94. The molecular weight excluding hydrogens is 384 g/mol. The molecule has 0 spiro atoms. The number of amides is 2. The fraction of sp³-hybridized carbons (Fsp3) is 0.130. The number of benzene rings is 2. The average molecular weight is 404 g/mol. The number of methoxy groups -OCH3 is 1. The number of aryl methyl sites for hydroxylation is 2. The molecule has 1 aliphatic heterocycles. The molecule has 0 unspecified atom stereocenters. The number of hydrogen-bond donors (Lipinski definition) is 1. The second-order valence-corrected chi connectivity index (χ2v) is 7.79. The van der Waals surface area contributed by atoms with E-state index < -0.39 is 5.91 Å². The summed E-state index contributed by atoms with van der Waals surface area (Å²) in [5.41, 5.74) is 3.87. The van der Waals surface area contributed by atoms with Gasteiger partial charge in [0.1, 0.15) is 11.4 Å². The van der Waals surface area contributed by atoms with Crippen molar-refractivity contribution in [3.05, 3.63) is 81.7 Å². The summed E-state index contributed by atoms with van der Waals surface area (Å²) in [6.45, 7) is 3.91. The van der Waals surface area contributed by atoms with E-state index in [0.717, 1.165) is 21.7 Å². The molecule has 0 fully saturated rings. The van der Waals surface area contributed by atoms with Gasteiger partial charge >= 0.3 is 0 Å². The summed E-state index contributed by atoms with van der Waals surface area (Å²) in [5.74, 6) is -0.293. The lowest BCUT2D eigenvalue weighted by Gasteiger charge is -2.19. The van der Waals surface area contributed by atoms with Crippen LogP contribution in [0.1, 0.15) is 16.0 Å². The number of hydrogen-bond acceptors (Lipinski definition) is 5. The van der Waals surface area contributed by atoms with Crippen molar-refractivity contribution >= 4 is 40.1 Å². The van der Waals surface area contributed by atoms with Gasteiger partial charge in [-0.25, -0.2) is 4.90 Å². The Balaban J connectivity index is 1.82. The van der Waals surface area contributed by atoms with Gasteiger partial charge in [0, 0.05) is 10.6 Å². The van der Waals surface area contributed by atoms with Gasteiger partial charge in [0.25, 0.3) is 11.8 Å². The van der Waals surface area contributed by atoms with Gasteiger partial charge in [-0.15, -0.1) is 11.3 Å². The topological polar surface area (TPSA) is 58.6 Å². The molecule has 2 amide bonds. The van der Waals surface area contributed by atoms with E-state index in [4.69, 9.17) is 4.74 Å². The van der Waals surface area contributed by atoms with Gasteiger partial charge in [-0.2, -0.15) is 0 Å². The van der Waals surface area contributed by atoms with Crippen molar-refractivity contribution in [3.8, 4) is 5.75 Å². The Hall–Kier alpha value is -3.38. The first-order valence-corrected chi connectivity index (χ1v) is 10.0. The maximum absolute atomic E-state index is 13.4. The Morgan fingerprint density at radius 1 is 0.931 bits per heavy atom. The first-order valence-electron chi connectivity index (χ1n) is 9.15. The lowest BCUT2D eigenvalue weighted by molar-refractivity contribution is -0.120. The molecule has 2 heterocycles. The van der Waals surface area contributed by atoms with Gasteiger partial charge in [0.05, 0.1) is 18.4 Å². The zero-order chi connectivity index (χ0) is 20.5. The van der Waals surface area contributed by atoms with E-state index in [0.29, 0.717) is 17.0 Å². The molecule has 2 aromatic carbocycles. The van der Waals surface area contributed by atoms with Crippen molar-refractivity contribution in [2.75, 3.05) is 17.3 Å². The first kappa shape index (κ1) is 19.0. The third-order valence-corrected chi connectivity index (χ3v) is 5.64. The summed E-state index contributed by atoms with van der Waals surface area (Å²) < 4.78 is 5.42. The minimum Gasteiger partial charge on any atom is -0.495 e. The predicted molar refractivity (Wildman–Crippen MR) is 116 cm³/mol. The van der Waals surface area contributed by atoms with E-state index in [9.17, 15) is 9.59 Å². The molecule has 0 aliphatic carbocycles. The van der Waals surface area contributed by atoms with Crippen molar-refractivity contribution < 1.29 is 14.3 Å². The molecule has 0 atom stereocenters. The van der Waals surface area contributed by atoms with E-state index in [1.807, 2.05) is 61.7 Å². The Labute approximate surface area is 173 Å². The Morgan fingerprint density at radius 3 is 2.31 bits per heavy atom. The van der Waals surface area contributed by atoms with Gasteiger partial charge in [0.15, 0.2) is 0 Å². The first-order chi connectivity index (χ1) is 14.0. The fourth-order valence-corrected chi connectivity index (χ4v) is 4.04. The number of anilines is 2. The highest BCUT2D eigenvalue weighted by Gasteiger charge is 2.41. The summed E-state index contributed by atoms with van der Waals surface area (Å²) >= 11 is 1.42. The fourth-order valence-electron chi connectivity index (χ4n) is 3.27. The molecule has 0 radical (unpaired) electrons. The highest BCUT2D eigenvalue weighted by atomic mass is 32.1. The Morgan fingerprint density at radius 2 is 1.66 bits per heavy atom. The van der Waals surface area contributed by atoms with Crippen LogP contribution in [0.15, 0.2) is 65.7 Å². The van der Waals surface area contributed by atoms with Gasteiger partial charge < -0.3 is 10.1 Å². The van der Waals surface area contributed by atoms with Crippen LogP contribution >= 0.6 is 11.3 Å². The third-order valence-electron chi connectivity index (χ3n) is 4.75. The summed E-state index contributed by atoms with van der Waals surface area (Å²) in [4.78, 5) is 28.7. The van der Waals surface area contributed by atoms with Crippen molar-refractivity contribution in [3.63, 3.8) is 0 Å². The number of imide groups is 1. The van der Waals surface area contributed by atoms with Crippen LogP contribution in [0.25, 0.3) is 5.57 Å². The van der Waals surface area contributed by atoms with Gasteiger partial charge in [0.2, 0.25) is 0 Å². The van der Waals surface area contributed by atoms with Crippen LogP contribution in [0.4, 0.5) is 11.4 Å². The lowest BCUT2D eigenvalue weighted by atomic mass is 10.1. The summed E-state index contributed by atoms with van der Waals surface area (Å²) in [7, 11) is 1.53. The minimum absolute atomic E-state index is 0.268. The number of thiophene rings is 1. The van der Waals surface area contributed by atoms with Crippen molar-refractivity contribution in [1.29, 1.82) is 0 Å². The third kappa shape index (κ3) is 3.43. The molecule has 0 saturated heterocycles. The largest absolute Gasteiger partial charge is 0.495 e. The van der Waals surface area contributed by atoms with Crippen molar-refractivity contribution in [1.82, 2.24) is 0 Å². The molecule has 0 saturated carbocycles. The van der Waals surface area contributed by atoms with Crippen LogP contribution in [-0.2, 0) is 9.59 Å². The van der Waals surface area contributed by atoms with E-state index in [1.54, 1.807) is 12.1 Å². The number of carbonyl (C=O) groups excluding carboxylic acids is 2. The van der Waals surface area contributed by atoms with E-state index >= 15 is 0 Å². The summed E-state index contributed by atoms with van der Waals surface area (Å²) in [6.07, 6.45) is 0. The van der Waals surface area contributed by atoms with Crippen LogP contribution in [0.2, 0.25) is 0 Å². The molecule has 1 N–H and O–H groups in total. The zero-order valence-corrected chi connectivity index (χ0v) is 17.2. The molecular formula is C23H20N2O3S. The maximum atomic E-state index is 13.4. The Bertz CT molecular complexity index is 1120. The van der Waals surface area contributed by atoms with Gasteiger partial charge in [-0.3, -0.25) is 9.59 Å². The predicted octanol–water partition coefficient (Wildman–Crippen LogP) is 4.77. The quantitative estimate of drug-likeness (QED) is 0.623. The van der Waals surface area contributed by atoms with Crippen LogP contribution in [0, 0.1) is 13.8 Å². The number of carbonyl (C=O) groups is 2. The monoisotopic (exact) mass is 404 g/mol. The normalized spacial score (nSPS) is 14.0. The van der Waals surface area contributed by atoms with Crippen LogP contribution in [-0.4, -0.2) is 18.9 Å². The van der Waals surface area contributed by atoms with Crippen LogP contribution in [0.5, 0.6) is 5.75 Å². The minimum atomic E-state index is -0.400.